The molecule has 0 amide bonds. The van der Waals surface area contributed by atoms with Gasteiger partial charge in [-0.1, -0.05) is 13.8 Å². The van der Waals surface area contributed by atoms with Gasteiger partial charge in [-0.3, -0.25) is 0 Å². The van der Waals surface area contributed by atoms with Crippen molar-refractivity contribution in [2.24, 2.45) is 11.7 Å². The molecule has 21 heavy (non-hydrogen) atoms. The summed E-state index contributed by atoms with van der Waals surface area (Å²) in [4.78, 5) is 0.302. The number of sulfonamides is 1. The van der Waals surface area contributed by atoms with Gasteiger partial charge in [0.15, 0.2) is 0 Å². The second-order valence-electron chi connectivity index (χ2n) is 5.75. The lowest BCUT2D eigenvalue weighted by atomic mass is 10.0. The van der Waals surface area contributed by atoms with E-state index < -0.39 is 10.0 Å². The van der Waals surface area contributed by atoms with E-state index in [-0.39, 0.29) is 12.6 Å². The smallest absolute Gasteiger partial charge is 0.243 e. The highest BCUT2D eigenvalue weighted by Gasteiger charge is 2.36. The Bertz CT molecular complexity index is 599. The molecule has 1 aliphatic heterocycles. The number of hydrogen-bond acceptors (Lipinski definition) is 4. The zero-order valence-electron chi connectivity index (χ0n) is 12.9. The fourth-order valence-electron chi connectivity index (χ4n) is 2.94. The number of ether oxygens (including phenoxy) is 1. The van der Waals surface area contributed by atoms with Crippen LogP contribution in [0.1, 0.15) is 32.3 Å². The van der Waals surface area contributed by atoms with Gasteiger partial charge in [0.25, 0.3) is 0 Å². The zero-order valence-corrected chi connectivity index (χ0v) is 13.7. The topological polar surface area (TPSA) is 72.6 Å². The first-order valence-corrected chi connectivity index (χ1v) is 8.74. The molecule has 0 aliphatic carbocycles. The molecule has 1 unspecified atom stereocenters. The fourth-order valence-corrected chi connectivity index (χ4v) is 4.82. The molecule has 0 radical (unpaired) electrons. The summed E-state index contributed by atoms with van der Waals surface area (Å²) in [7, 11) is -1.91. The van der Waals surface area contributed by atoms with Crippen LogP contribution in [0.5, 0.6) is 5.75 Å². The van der Waals surface area contributed by atoms with Crippen molar-refractivity contribution in [2.75, 3.05) is 13.7 Å². The van der Waals surface area contributed by atoms with Crippen molar-refractivity contribution in [3.05, 3.63) is 23.8 Å². The third-order valence-corrected chi connectivity index (χ3v) is 6.02. The van der Waals surface area contributed by atoms with Gasteiger partial charge in [-0.15, -0.1) is 0 Å². The molecule has 6 heteroatoms. The van der Waals surface area contributed by atoms with E-state index in [1.54, 1.807) is 29.6 Å². The third-order valence-electron chi connectivity index (χ3n) is 4.10. The Morgan fingerprint density at radius 3 is 2.71 bits per heavy atom. The Hall–Kier alpha value is -1.11. The highest BCUT2D eigenvalue weighted by molar-refractivity contribution is 7.89. The van der Waals surface area contributed by atoms with Gasteiger partial charge in [0.1, 0.15) is 5.75 Å². The fraction of sp³-hybridized carbons (Fsp3) is 0.600. The van der Waals surface area contributed by atoms with Crippen molar-refractivity contribution in [2.45, 2.75) is 44.2 Å². The lowest BCUT2D eigenvalue weighted by Crippen LogP contribution is -2.38. The average Bonchev–Trinajstić information content (AvgIpc) is 2.96. The van der Waals surface area contributed by atoms with Crippen LogP contribution in [0.15, 0.2) is 23.1 Å². The minimum atomic E-state index is -3.47. The first-order valence-electron chi connectivity index (χ1n) is 7.30. The predicted molar refractivity (Wildman–Crippen MR) is 82.6 cm³/mol. The second-order valence-corrected chi connectivity index (χ2v) is 7.64. The normalized spacial score (nSPS) is 20.1. The van der Waals surface area contributed by atoms with Gasteiger partial charge in [-0.25, -0.2) is 8.42 Å². The van der Waals surface area contributed by atoms with Gasteiger partial charge < -0.3 is 10.5 Å². The minimum absolute atomic E-state index is 0.0819. The van der Waals surface area contributed by atoms with Crippen molar-refractivity contribution in [1.82, 2.24) is 4.31 Å². The number of nitrogens with two attached hydrogens (primary N) is 1. The molecule has 1 fully saturated rings. The summed E-state index contributed by atoms with van der Waals surface area (Å²) < 4.78 is 32.6. The molecular formula is C15H24N2O3S. The average molecular weight is 312 g/mol. The van der Waals surface area contributed by atoms with Crippen molar-refractivity contribution in [1.29, 1.82) is 0 Å². The van der Waals surface area contributed by atoms with Gasteiger partial charge in [0, 0.05) is 24.7 Å². The molecule has 0 bridgehead atoms. The van der Waals surface area contributed by atoms with Crippen LogP contribution in [-0.4, -0.2) is 32.4 Å². The summed E-state index contributed by atoms with van der Waals surface area (Å²) in [6, 6.07) is 4.99. The maximum absolute atomic E-state index is 12.9. The molecule has 1 aromatic carbocycles. The van der Waals surface area contributed by atoms with Crippen LogP contribution in [0.3, 0.4) is 0 Å². The summed E-state index contributed by atoms with van der Waals surface area (Å²) >= 11 is 0. The van der Waals surface area contributed by atoms with E-state index in [2.05, 4.69) is 13.8 Å². The van der Waals surface area contributed by atoms with E-state index in [1.807, 2.05) is 0 Å². The van der Waals surface area contributed by atoms with Crippen molar-refractivity contribution >= 4 is 10.0 Å². The molecule has 1 saturated heterocycles. The Balaban J connectivity index is 2.40. The molecule has 118 valence electrons. The predicted octanol–water partition coefficient (Wildman–Crippen LogP) is 1.96. The van der Waals surface area contributed by atoms with Crippen LogP contribution >= 0.6 is 0 Å². The van der Waals surface area contributed by atoms with E-state index in [1.165, 1.54) is 0 Å². The Labute approximate surface area is 127 Å². The largest absolute Gasteiger partial charge is 0.496 e. The van der Waals surface area contributed by atoms with Crippen LogP contribution in [0, 0.1) is 5.92 Å². The summed E-state index contributed by atoms with van der Waals surface area (Å²) in [5.41, 5.74) is 6.39. The number of nitrogens with zero attached hydrogens (tertiary/aromatic N) is 1. The summed E-state index contributed by atoms with van der Waals surface area (Å²) in [6.07, 6.45) is 1.85. The van der Waals surface area contributed by atoms with E-state index in [9.17, 15) is 8.42 Å². The highest BCUT2D eigenvalue weighted by atomic mass is 32.2. The van der Waals surface area contributed by atoms with Gasteiger partial charge >= 0.3 is 0 Å². The SMILES string of the molecule is COc1ccc(S(=O)(=O)N2CCCC2C(C)C)cc1CN. The van der Waals surface area contributed by atoms with Gasteiger partial charge in [-0.05, 0) is 37.0 Å². The second kappa shape index (κ2) is 6.34. The molecule has 0 saturated carbocycles. The van der Waals surface area contributed by atoms with Crippen LogP contribution < -0.4 is 10.5 Å². The van der Waals surface area contributed by atoms with Crippen molar-refractivity contribution in [3.8, 4) is 5.75 Å². The molecule has 1 aliphatic rings. The van der Waals surface area contributed by atoms with E-state index in [0.717, 1.165) is 12.8 Å². The summed E-state index contributed by atoms with van der Waals surface area (Å²) in [5.74, 6) is 0.938. The number of benzene rings is 1. The molecule has 1 heterocycles. The van der Waals surface area contributed by atoms with Crippen LogP contribution in [-0.2, 0) is 16.6 Å². The standard InChI is InChI=1S/C15H24N2O3S/c1-11(2)14-5-4-8-17(14)21(18,19)13-6-7-15(20-3)12(9-13)10-16/h6-7,9,11,14H,4-5,8,10,16H2,1-3H3. The number of hydrogen-bond donors (Lipinski definition) is 1. The van der Waals surface area contributed by atoms with Crippen molar-refractivity contribution < 1.29 is 13.2 Å². The van der Waals surface area contributed by atoms with E-state index in [4.69, 9.17) is 10.5 Å². The number of methoxy groups -OCH3 is 1. The molecule has 5 nitrogen and oxygen atoms in total. The quantitative estimate of drug-likeness (QED) is 0.902. The van der Waals surface area contributed by atoms with Gasteiger partial charge in [0.05, 0.1) is 12.0 Å². The molecule has 2 N–H and O–H groups in total. The van der Waals surface area contributed by atoms with Crippen molar-refractivity contribution in [3.63, 3.8) is 0 Å². The zero-order chi connectivity index (χ0) is 15.6. The monoisotopic (exact) mass is 312 g/mol. The third kappa shape index (κ3) is 3.07. The van der Waals surface area contributed by atoms with Crippen LogP contribution in [0.4, 0.5) is 0 Å². The summed E-state index contributed by atoms with van der Waals surface area (Å²) in [5, 5.41) is 0. The first-order chi connectivity index (χ1) is 9.91. The van der Waals surface area contributed by atoms with Gasteiger partial charge in [0.2, 0.25) is 10.0 Å². The van der Waals surface area contributed by atoms with E-state index in [0.29, 0.717) is 28.7 Å². The molecule has 1 atom stereocenters. The number of rotatable bonds is 5. The molecule has 0 aromatic heterocycles. The highest BCUT2D eigenvalue weighted by Crippen LogP contribution is 2.31. The van der Waals surface area contributed by atoms with Crippen LogP contribution in [0.25, 0.3) is 0 Å². The maximum Gasteiger partial charge on any atom is 0.243 e. The lowest BCUT2D eigenvalue weighted by Gasteiger charge is -2.27. The Morgan fingerprint density at radius 1 is 1.43 bits per heavy atom. The molecular weight excluding hydrogens is 288 g/mol. The maximum atomic E-state index is 12.9. The first kappa shape index (κ1) is 16.3. The molecule has 0 spiro atoms. The van der Waals surface area contributed by atoms with Gasteiger partial charge in [-0.2, -0.15) is 4.31 Å². The summed E-state index contributed by atoms with van der Waals surface area (Å²) in [6.45, 7) is 4.98. The minimum Gasteiger partial charge on any atom is -0.496 e. The lowest BCUT2D eigenvalue weighted by molar-refractivity contribution is 0.315. The van der Waals surface area contributed by atoms with Crippen LogP contribution in [0.2, 0.25) is 0 Å². The Kier molecular flexibility index (Phi) is 4.91. The Morgan fingerprint density at radius 2 is 2.14 bits per heavy atom. The molecule has 2 rings (SSSR count). The van der Waals surface area contributed by atoms with E-state index >= 15 is 0 Å². The molecule has 1 aromatic rings.